The van der Waals surface area contributed by atoms with E-state index >= 15 is 0 Å². The highest BCUT2D eigenvalue weighted by molar-refractivity contribution is 5.76. The number of aliphatic hydroxyl groups excluding tert-OH is 2. The van der Waals surface area contributed by atoms with Gasteiger partial charge in [0.2, 0.25) is 5.91 Å². The summed E-state index contributed by atoms with van der Waals surface area (Å²) in [6.07, 6.45) is 52.8. The Morgan fingerprint density at radius 3 is 1.27 bits per heavy atom. The highest BCUT2D eigenvalue weighted by Crippen LogP contribution is 2.15. The first kappa shape index (κ1) is 54.3. The Morgan fingerprint density at radius 2 is 0.839 bits per heavy atom. The molecule has 0 aromatic carbocycles. The van der Waals surface area contributed by atoms with Crippen LogP contribution in [0.3, 0.4) is 0 Å². The molecule has 0 rings (SSSR count). The molecule has 0 radical (unpaired) electrons. The van der Waals surface area contributed by atoms with E-state index in [4.69, 9.17) is 4.74 Å². The number of amides is 1. The Labute approximate surface area is 348 Å². The normalized spacial score (nSPS) is 12.9. The number of esters is 1. The first-order valence-electron chi connectivity index (χ1n) is 24.6. The lowest BCUT2D eigenvalue weighted by Crippen LogP contribution is -2.45. The summed E-state index contributed by atoms with van der Waals surface area (Å²) in [7, 11) is 0. The number of aliphatic hydroxyl groups is 2. The molecule has 6 heteroatoms. The van der Waals surface area contributed by atoms with Crippen molar-refractivity contribution in [2.75, 3.05) is 13.2 Å². The molecule has 56 heavy (non-hydrogen) atoms. The van der Waals surface area contributed by atoms with Gasteiger partial charge in [0.1, 0.15) is 0 Å². The van der Waals surface area contributed by atoms with E-state index in [0.717, 1.165) is 77.0 Å². The van der Waals surface area contributed by atoms with Gasteiger partial charge in [-0.05, 0) is 83.5 Å². The topological polar surface area (TPSA) is 95.9 Å². The quantitative estimate of drug-likeness (QED) is 0.0324. The molecule has 0 spiro atoms. The first-order valence-corrected chi connectivity index (χ1v) is 24.6. The molecule has 0 aromatic rings. The van der Waals surface area contributed by atoms with Gasteiger partial charge in [0.25, 0.3) is 0 Å². The SMILES string of the molecule is CCCCCCCCC/C=C\CCCCCCCC(=O)OCCCCC/C=C\CCCCCCCC(=O)NC(CO)C(O)CCCCCCCCCCCCC. The van der Waals surface area contributed by atoms with Crippen molar-refractivity contribution in [1.82, 2.24) is 5.32 Å². The Morgan fingerprint density at radius 1 is 0.482 bits per heavy atom. The zero-order valence-electron chi connectivity index (χ0n) is 37.4. The van der Waals surface area contributed by atoms with Crippen LogP contribution in [-0.4, -0.2) is 47.4 Å². The molecule has 0 saturated carbocycles. The van der Waals surface area contributed by atoms with E-state index in [1.807, 2.05) is 0 Å². The van der Waals surface area contributed by atoms with Gasteiger partial charge in [-0.1, -0.05) is 186 Å². The number of ether oxygens (including phenoxy) is 1. The van der Waals surface area contributed by atoms with Gasteiger partial charge >= 0.3 is 5.97 Å². The molecule has 0 bridgehead atoms. The summed E-state index contributed by atoms with van der Waals surface area (Å²) in [4.78, 5) is 24.4. The number of allylic oxidation sites excluding steroid dienone is 4. The summed E-state index contributed by atoms with van der Waals surface area (Å²) in [5, 5.41) is 23.1. The molecule has 0 aliphatic heterocycles. The largest absolute Gasteiger partial charge is 0.466 e. The molecule has 330 valence electrons. The fourth-order valence-electron chi connectivity index (χ4n) is 7.39. The molecule has 3 N–H and O–H groups in total. The Hall–Kier alpha value is -1.66. The molecule has 0 aromatic heterocycles. The average molecular weight is 790 g/mol. The van der Waals surface area contributed by atoms with Crippen LogP contribution in [0.2, 0.25) is 0 Å². The van der Waals surface area contributed by atoms with Crippen LogP contribution in [0.25, 0.3) is 0 Å². The molecular formula is C50H95NO5. The van der Waals surface area contributed by atoms with Crippen LogP contribution in [0.5, 0.6) is 0 Å². The second kappa shape index (κ2) is 46.0. The molecule has 0 heterocycles. The third kappa shape index (κ3) is 42.0. The zero-order chi connectivity index (χ0) is 40.8. The predicted molar refractivity (Wildman–Crippen MR) is 241 cm³/mol. The Balaban J connectivity index is 3.50. The van der Waals surface area contributed by atoms with E-state index < -0.39 is 12.1 Å². The van der Waals surface area contributed by atoms with E-state index in [2.05, 4.69) is 43.5 Å². The number of carbonyl (C=O) groups is 2. The van der Waals surface area contributed by atoms with Crippen molar-refractivity contribution >= 4 is 11.9 Å². The van der Waals surface area contributed by atoms with Crippen LogP contribution >= 0.6 is 0 Å². The van der Waals surface area contributed by atoms with Gasteiger partial charge in [-0.3, -0.25) is 9.59 Å². The summed E-state index contributed by atoms with van der Waals surface area (Å²) < 4.78 is 5.44. The van der Waals surface area contributed by atoms with Crippen LogP contribution in [0.15, 0.2) is 24.3 Å². The maximum Gasteiger partial charge on any atom is 0.305 e. The summed E-state index contributed by atoms with van der Waals surface area (Å²) in [6, 6.07) is -0.558. The van der Waals surface area contributed by atoms with Gasteiger partial charge in [0.15, 0.2) is 0 Å². The Kier molecular flexibility index (Phi) is 44.7. The fraction of sp³-hybridized carbons (Fsp3) is 0.880. The van der Waals surface area contributed by atoms with Crippen LogP contribution in [-0.2, 0) is 14.3 Å². The van der Waals surface area contributed by atoms with E-state index in [0.29, 0.717) is 25.9 Å². The lowest BCUT2D eigenvalue weighted by molar-refractivity contribution is -0.143. The fourth-order valence-corrected chi connectivity index (χ4v) is 7.39. The summed E-state index contributed by atoms with van der Waals surface area (Å²) >= 11 is 0. The van der Waals surface area contributed by atoms with Crippen molar-refractivity contribution < 1.29 is 24.5 Å². The summed E-state index contributed by atoms with van der Waals surface area (Å²) in [5.41, 5.74) is 0. The molecule has 0 fully saturated rings. The number of carbonyl (C=O) groups excluding carboxylic acids is 2. The number of rotatable bonds is 45. The molecule has 0 aliphatic rings. The number of nitrogens with one attached hydrogen (secondary N) is 1. The standard InChI is InChI=1S/C50H95NO5/c1-3-5-7-9-11-13-15-16-17-18-19-24-28-32-36-40-44-50(55)56-45-41-37-33-29-25-21-20-23-27-31-35-39-43-49(54)51-47(46-52)48(53)42-38-34-30-26-22-14-12-10-8-6-4-2/h17-18,21,25,47-48,52-53H,3-16,19-20,22-24,26-46H2,1-2H3,(H,51,54)/b18-17-,25-21-. The maximum atomic E-state index is 12.4. The van der Waals surface area contributed by atoms with E-state index in [1.54, 1.807) is 0 Å². The molecule has 0 saturated heterocycles. The van der Waals surface area contributed by atoms with Gasteiger partial charge in [0, 0.05) is 12.8 Å². The molecular weight excluding hydrogens is 695 g/mol. The molecule has 1 amide bonds. The highest BCUT2D eigenvalue weighted by Gasteiger charge is 2.20. The summed E-state index contributed by atoms with van der Waals surface area (Å²) in [6.45, 7) is 4.87. The zero-order valence-corrected chi connectivity index (χ0v) is 37.4. The van der Waals surface area contributed by atoms with Crippen molar-refractivity contribution in [3.63, 3.8) is 0 Å². The van der Waals surface area contributed by atoms with E-state index in [-0.39, 0.29) is 18.5 Å². The monoisotopic (exact) mass is 790 g/mol. The van der Waals surface area contributed by atoms with Crippen molar-refractivity contribution in [3.8, 4) is 0 Å². The lowest BCUT2D eigenvalue weighted by atomic mass is 10.0. The van der Waals surface area contributed by atoms with Gasteiger partial charge in [-0.25, -0.2) is 0 Å². The second-order valence-corrected chi connectivity index (χ2v) is 16.8. The number of unbranched alkanes of at least 4 members (excludes halogenated alkanes) is 30. The second-order valence-electron chi connectivity index (χ2n) is 16.8. The maximum absolute atomic E-state index is 12.4. The summed E-state index contributed by atoms with van der Waals surface area (Å²) in [5.74, 6) is -0.0936. The van der Waals surface area contributed by atoms with Crippen LogP contribution in [0.1, 0.15) is 258 Å². The smallest absolute Gasteiger partial charge is 0.305 e. The van der Waals surface area contributed by atoms with E-state index in [9.17, 15) is 19.8 Å². The first-order chi connectivity index (χ1) is 27.5. The van der Waals surface area contributed by atoms with Crippen LogP contribution in [0.4, 0.5) is 0 Å². The van der Waals surface area contributed by atoms with Gasteiger partial charge in [-0.2, -0.15) is 0 Å². The Bertz CT molecular complexity index is 874. The third-order valence-corrected chi connectivity index (χ3v) is 11.2. The van der Waals surface area contributed by atoms with Gasteiger partial charge in [0.05, 0.1) is 25.4 Å². The molecule has 2 atom stereocenters. The van der Waals surface area contributed by atoms with Crippen LogP contribution in [0, 0.1) is 0 Å². The van der Waals surface area contributed by atoms with Crippen molar-refractivity contribution in [1.29, 1.82) is 0 Å². The lowest BCUT2D eigenvalue weighted by Gasteiger charge is -2.22. The van der Waals surface area contributed by atoms with E-state index in [1.165, 1.54) is 148 Å². The average Bonchev–Trinajstić information content (AvgIpc) is 3.20. The molecule has 0 aliphatic carbocycles. The third-order valence-electron chi connectivity index (χ3n) is 11.2. The molecule has 6 nitrogen and oxygen atoms in total. The van der Waals surface area contributed by atoms with Gasteiger partial charge in [-0.15, -0.1) is 0 Å². The van der Waals surface area contributed by atoms with Crippen molar-refractivity contribution in [2.45, 2.75) is 270 Å². The van der Waals surface area contributed by atoms with Gasteiger partial charge < -0.3 is 20.3 Å². The minimum atomic E-state index is -0.679. The van der Waals surface area contributed by atoms with Crippen molar-refractivity contribution in [2.24, 2.45) is 0 Å². The minimum absolute atomic E-state index is 0.0307. The highest BCUT2D eigenvalue weighted by atomic mass is 16.5. The van der Waals surface area contributed by atoms with Crippen LogP contribution < -0.4 is 5.32 Å². The minimum Gasteiger partial charge on any atom is -0.466 e. The number of hydrogen-bond acceptors (Lipinski definition) is 5. The number of hydrogen-bond donors (Lipinski definition) is 3. The predicted octanol–water partition coefficient (Wildman–Crippen LogP) is 14.3. The van der Waals surface area contributed by atoms with Crippen molar-refractivity contribution in [3.05, 3.63) is 24.3 Å². The molecule has 2 unspecified atom stereocenters.